The topological polar surface area (TPSA) is 66.5 Å². The second kappa shape index (κ2) is 9.91. The van der Waals surface area contributed by atoms with Crippen molar-refractivity contribution in [3.05, 3.63) is 94.5 Å². The molecule has 0 bridgehead atoms. The normalized spacial score (nSPS) is 11.1. The lowest BCUT2D eigenvalue weighted by Gasteiger charge is -2.24. The van der Waals surface area contributed by atoms with Gasteiger partial charge in [0, 0.05) is 23.1 Å². The smallest absolute Gasteiger partial charge is 0.264 e. The molecule has 5 nitrogen and oxygen atoms in total. The maximum Gasteiger partial charge on any atom is 0.264 e. The van der Waals surface area contributed by atoms with Gasteiger partial charge in [0.25, 0.3) is 15.9 Å². The van der Waals surface area contributed by atoms with Crippen LogP contribution in [-0.4, -0.2) is 27.4 Å². The van der Waals surface area contributed by atoms with Crippen LogP contribution in [0.5, 0.6) is 0 Å². The fourth-order valence-corrected chi connectivity index (χ4v) is 4.88. The van der Waals surface area contributed by atoms with Crippen molar-refractivity contribution in [1.82, 2.24) is 5.32 Å². The number of carbonyl (C=O) groups is 1. The number of hydrogen-bond donors (Lipinski definition) is 1. The molecule has 0 saturated heterocycles. The molecule has 156 valence electrons. The van der Waals surface area contributed by atoms with Crippen LogP contribution in [0.4, 0.5) is 5.69 Å². The standard InChI is InChI=1S/C23H23BrN2O3S/c1-18-11-13-22(14-12-18)30(28,29)26(21-9-3-2-4-10-21)16-6-15-25-23(27)19-7-5-8-20(24)17-19/h2-5,7-14,17H,6,15-16H2,1H3,(H,25,27). The van der Waals surface area contributed by atoms with Gasteiger partial charge in [-0.2, -0.15) is 0 Å². The van der Waals surface area contributed by atoms with Crippen LogP contribution in [0.15, 0.2) is 88.2 Å². The minimum Gasteiger partial charge on any atom is -0.352 e. The summed E-state index contributed by atoms with van der Waals surface area (Å²) in [4.78, 5) is 12.5. The Morgan fingerprint density at radius 2 is 1.67 bits per heavy atom. The number of anilines is 1. The minimum absolute atomic E-state index is 0.191. The Hall–Kier alpha value is -2.64. The number of rotatable bonds is 8. The fourth-order valence-electron chi connectivity index (χ4n) is 2.98. The van der Waals surface area contributed by atoms with Gasteiger partial charge < -0.3 is 5.32 Å². The van der Waals surface area contributed by atoms with Crippen molar-refractivity contribution in [2.75, 3.05) is 17.4 Å². The molecular weight excluding hydrogens is 464 g/mol. The molecule has 0 aliphatic heterocycles. The Morgan fingerprint density at radius 3 is 2.33 bits per heavy atom. The van der Waals surface area contributed by atoms with Gasteiger partial charge in [-0.05, 0) is 55.8 Å². The van der Waals surface area contributed by atoms with Gasteiger partial charge in [0.05, 0.1) is 10.6 Å². The molecule has 0 aliphatic rings. The predicted molar refractivity (Wildman–Crippen MR) is 123 cm³/mol. The first-order chi connectivity index (χ1) is 14.4. The fraction of sp³-hybridized carbons (Fsp3) is 0.174. The number of carbonyl (C=O) groups excluding carboxylic acids is 1. The van der Waals surface area contributed by atoms with E-state index in [1.807, 2.05) is 31.2 Å². The summed E-state index contributed by atoms with van der Waals surface area (Å²) in [5, 5.41) is 2.85. The van der Waals surface area contributed by atoms with E-state index in [9.17, 15) is 13.2 Å². The monoisotopic (exact) mass is 486 g/mol. The molecule has 0 atom stereocenters. The van der Waals surface area contributed by atoms with Gasteiger partial charge in [0.2, 0.25) is 0 Å². The lowest BCUT2D eigenvalue weighted by molar-refractivity contribution is 0.0953. The molecule has 3 aromatic rings. The van der Waals surface area contributed by atoms with Crippen LogP contribution < -0.4 is 9.62 Å². The Kier molecular flexibility index (Phi) is 7.29. The molecule has 0 fully saturated rings. The number of amides is 1. The maximum atomic E-state index is 13.3. The van der Waals surface area contributed by atoms with Crippen LogP contribution >= 0.6 is 15.9 Å². The zero-order valence-corrected chi connectivity index (χ0v) is 19.0. The summed E-state index contributed by atoms with van der Waals surface area (Å²) in [5.41, 5.74) is 2.14. The molecule has 1 amide bonds. The first-order valence-electron chi connectivity index (χ1n) is 9.56. The zero-order valence-electron chi connectivity index (χ0n) is 16.6. The molecule has 0 radical (unpaired) electrons. The molecular formula is C23H23BrN2O3S. The third-order valence-electron chi connectivity index (χ3n) is 4.56. The molecule has 0 aliphatic carbocycles. The quantitative estimate of drug-likeness (QED) is 0.466. The van der Waals surface area contributed by atoms with Gasteiger partial charge in [0.15, 0.2) is 0 Å². The summed E-state index contributed by atoms with van der Waals surface area (Å²) in [6, 6.07) is 22.9. The van der Waals surface area contributed by atoms with E-state index in [-0.39, 0.29) is 17.3 Å². The van der Waals surface area contributed by atoms with Crippen LogP contribution in [0.25, 0.3) is 0 Å². The number of aryl methyl sites for hydroxylation is 1. The third-order valence-corrected chi connectivity index (χ3v) is 6.90. The number of nitrogens with one attached hydrogen (secondary N) is 1. The van der Waals surface area contributed by atoms with E-state index in [4.69, 9.17) is 0 Å². The van der Waals surface area contributed by atoms with E-state index >= 15 is 0 Å². The first-order valence-corrected chi connectivity index (χ1v) is 11.8. The number of sulfonamides is 1. The van der Waals surface area contributed by atoms with Crippen molar-refractivity contribution in [3.8, 4) is 0 Å². The van der Waals surface area contributed by atoms with Crippen molar-refractivity contribution in [2.24, 2.45) is 0 Å². The van der Waals surface area contributed by atoms with Crippen molar-refractivity contribution < 1.29 is 13.2 Å². The summed E-state index contributed by atoms with van der Waals surface area (Å²) >= 11 is 3.35. The predicted octanol–water partition coefficient (Wildman–Crippen LogP) is 4.77. The lowest BCUT2D eigenvalue weighted by atomic mass is 10.2. The molecule has 1 N–H and O–H groups in total. The largest absolute Gasteiger partial charge is 0.352 e. The van der Waals surface area contributed by atoms with Crippen molar-refractivity contribution in [1.29, 1.82) is 0 Å². The molecule has 0 spiro atoms. The van der Waals surface area contributed by atoms with Gasteiger partial charge >= 0.3 is 0 Å². The van der Waals surface area contributed by atoms with Gasteiger partial charge in [-0.15, -0.1) is 0 Å². The van der Waals surface area contributed by atoms with Crippen molar-refractivity contribution in [3.63, 3.8) is 0 Å². The summed E-state index contributed by atoms with van der Waals surface area (Å²) in [6.07, 6.45) is 0.472. The molecule has 0 unspecified atom stereocenters. The average molecular weight is 487 g/mol. The Labute approximate surface area is 185 Å². The minimum atomic E-state index is -3.71. The second-order valence-corrected chi connectivity index (χ2v) is 9.62. The van der Waals surface area contributed by atoms with Crippen LogP contribution in [0.2, 0.25) is 0 Å². The second-order valence-electron chi connectivity index (χ2n) is 6.85. The zero-order chi connectivity index (χ0) is 21.6. The van der Waals surface area contributed by atoms with Gasteiger partial charge in [-0.1, -0.05) is 57.9 Å². The highest BCUT2D eigenvalue weighted by Crippen LogP contribution is 2.24. The number of benzene rings is 3. The summed E-state index contributed by atoms with van der Waals surface area (Å²) < 4.78 is 28.7. The van der Waals surface area contributed by atoms with Gasteiger partial charge in [-0.3, -0.25) is 9.10 Å². The molecule has 3 aromatic carbocycles. The highest BCUT2D eigenvalue weighted by Gasteiger charge is 2.24. The summed E-state index contributed by atoms with van der Waals surface area (Å²) in [5.74, 6) is -0.191. The van der Waals surface area contributed by atoms with E-state index < -0.39 is 10.0 Å². The molecule has 3 rings (SSSR count). The SMILES string of the molecule is Cc1ccc(S(=O)(=O)N(CCCNC(=O)c2cccc(Br)c2)c2ccccc2)cc1. The Balaban J connectivity index is 1.71. The number of hydrogen-bond acceptors (Lipinski definition) is 3. The molecule has 30 heavy (non-hydrogen) atoms. The number of para-hydroxylation sites is 1. The first kappa shape index (κ1) is 22.1. The van der Waals surface area contributed by atoms with Crippen LogP contribution in [0.1, 0.15) is 22.3 Å². The maximum absolute atomic E-state index is 13.3. The lowest BCUT2D eigenvalue weighted by Crippen LogP contribution is -2.34. The number of halogens is 1. The Bertz CT molecular complexity index is 1100. The van der Waals surface area contributed by atoms with Gasteiger partial charge in [-0.25, -0.2) is 8.42 Å². The average Bonchev–Trinajstić information content (AvgIpc) is 2.74. The Morgan fingerprint density at radius 1 is 0.967 bits per heavy atom. The molecule has 0 heterocycles. The molecule has 0 saturated carbocycles. The van der Waals surface area contributed by atoms with E-state index in [1.54, 1.807) is 54.6 Å². The van der Waals surface area contributed by atoms with Crippen molar-refractivity contribution >= 4 is 37.5 Å². The summed E-state index contributed by atoms with van der Waals surface area (Å²) in [7, 11) is -3.71. The number of nitrogens with zero attached hydrogens (tertiary/aromatic N) is 1. The van der Waals surface area contributed by atoms with Crippen LogP contribution in [-0.2, 0) is 10.0 Å². The van der Waals surface area contributed by atoms with Gasteiger partial charge in [0.1, 0.15) is 0 Å². The van der Waals surface area contributed by atoms with Crippen molar-refractivity contribution in [2.45, 2.75) is 18.2 Å². The highest BCUT2D eigenvalue weighted by atomic mass is 79.9. The van der Waals surface area contributed by atoms with E-state index in [2.05, 4.69) is 21.2 Å². The van der Waals surface area contributed by atoms with Crippen LogP contribution in [0.3, 0.4) is 0 Å². The molecule has 0 aromatic heterocycles. The summed E-state index contributed by atoms with van der Waals surface area (Å²) in [6.45, 7) is 2.52. The van der Waals surface area contributed by atoms with E-state index in [0.717, 1.165) is 10.0 Å². The van der Waals surface area contributed by atoms with E-state index in [1.165, 1.54) is 4.31 Å². The third kappa shape index (κ3) is 5.49. The van der Waals surface area contributed by atoms with Crippen LogP contribution in [0, 0.1) is 6.92 Å². The van der Waals surface area contributed by atoms with E-state index in [0.29, 0.717) is 24.2 Å². The highest BCUT2D eigenvalue weighted by molar-refractivity contribution is 9.10. The molecule has 7 heteroatoms.